The summed E-state index contributed by atoms with van der Waals surface area (Å²) in [6.07, 6.45) is 2.91. The molecular formula is C19H18N2O3S2. The Kier molecular flexibility index (Phi) is 5.80. The first kappa shape index (κ1) is 18.3. The molecule has 7 heteroatoms. The first-order valence-corrected chi connectivity index (χ1v) is 9.70. The van der Waals surface area contributed by atoms with Crippen LogP contribution in [0.15, 0.2) is 41.8 Å². The lowest BCUT2D eigenvalue weighted by atomic mass is 10.3. The number of amides is 1. The fourth-order valence-electron chi connectivity index (χ4n) is 2.26. The number of benzene rings is 1. The second-order valence-corrected chi connectivity index (χ2v) is 7.80. The van der Waals surface area contributed by atoms with Crippen LogP contribution in [0.2, 0.25) is 0 Å². The number of fused-ring (bicyclic) bond motifs is 1. The standard InChI is InChI=1S/C19H18N2O3S2/c1-13-9-10-25-16(13)11-21(2)18(22)12-24-19(23)8-7-17-20-14-5-3-4-6-15(14)26-17/h3-10H,11-12H2,1-2H3/b8-7+. The number of ether oxygens (including phenoxy) is 1. The van der Waals surface area contributed by atoms with Crippen LogP contribution < -0.4 is 0 Å². The van der Waals surface area contributed by atoms with Gasteiger partial charge in [0.2, 0.25) is 0 Å². The number of thiazole rings is 1. The zero-order valence-corrected chi connectivity index (χ0v) is 16.1. The van der Waals surface area contributed by atoms with Gasteiger partial charge in [0.25, 0.3) is 5.91 Å². The van der Waals surface area contributed by atoms with E-state index in [1.165, 1.54) is 17.4 Å². The quantitative estimate of drug-likeness (QED) is 0.476. The van der Waals surface area contributed by atoms with Gasteiger partial charge in [0, 0.05) is 18.0 Å². The number of carbonyl (C=O) groups excluding carboxylic acids is 2. The van der Waals surface area contributed by atoms with E-state index in [2.05, 4.69) is 4.98 Å². The fourth-order valence-corrected chi connectivity index (χ4v) is 4.09. The number of hydrogen-bond acceptors (Lipinski definition) is 6. The van der Waals surface area contributed by atoms with Crippen LogP contribution in [-0.4, -0.2) is 35.4 Å². The summed E-state index contributed by atoms with van der Waals surface area (Å²) in [7, 11) is 1.70. The number of aromatic nitrogens is 1. The second kappa shape index (κ2) is 8.25. The zero-order chi connectivity index (χ0) is 18.5. The molecule has 0 aliphatic carbocycles. The Morgan fingerprint density at radius 2 is 2.08 bits per heavy atom. The van der Waals surface area contributed by atoms with Gasteiger partial charge in [-0.3, -0.25) is 4.79 Å². The highest BCUT2D eigenvalue weighted by molar-refractivity contribution is 7.19. The Bertz CT molecular complexity index is 926. The van der Waals surface area contributed by atoms with Gasteiger partial charge in [-0.2, -0.15) is 0 Å². The number of esters is 1. The van der Waals surface area contributed by atoms with Crippen LogP contribution >= 0.6 is 22.7 Å². The molecule has 0 atom stereocenters. The van der Waals surface area contributed by atoms with E-state index in [0.29, 0.717) is 6.54 Å². The summed E-state index contributed by atoms with van der Waals surface area (Å²) in [4.78, 5) is 31.0. The van der Waals surface area contributed by atoms with Gasteiger partial charge in [0.05, 0.1) is 16.8 Å². The van der Waals surface area contributed by atoms with Gasteiger partial charge in [0.1, 0.15) is 5.01 Å². The average Bonchev–Trinajstić information content (AvgIpc) is 3.23. The van der Waals surface area contributed by atoms with Gasteiger partial charge < -0.3 is 9.64 Å². The van der Waals surface area contributed by atoms with Crippen LogP contribution in [0.3, 0.4) is 0 Å². The van der Waals surface area contributed by atoms with Gasteiger partial charge in [-0.15, -0.1) is 22.7 Å². The van der Waals surface area contributed by atoms with E-state index in [1.807, 2.05) is 42.6 Å². The Morgan fingerprint density at radius 1 is 1.27 bits per heavy atom. The van der Waals surface area contributed by atoms with Gasteiger partial charge >= 0.3 is 5.97 Å². The Morgan fingerprint density at radius 3 is 2.81 bits per heavy atom. The molecule has 0 aliphatic rings. The van der Waals surface area contributed by atoms with Gasteiger partial charge in [-0.25, -0.2) is 9.78 Å². The summed E-state index contributed by atoms with van der Waals surface area (Å²) in [6.45, 7) is 2.25. The molecule has 0 radical (unpaired) electrons. The molecule has 1 amide bonds. The summed E-state index contributed by atoms with van der Waals surface area (Å²) >= 11 is 3.10. The normalized spacial score (nSPS) is 11.2. The molecule has 134 valence electrons. The topological polar surface area (TPSA) is 59.5 Å². The maximum Gasteiger partial charge on any atom is 0.331 e. The monoisotopic (exact) mass is 386 g/mol. The first-order chi connectivity index (χ1) is 12.5. The minimum absolute atomic E-state index is 0.237. The highest BCUT2D eigenvalue weighted by Gasteiger charge is 2.13. The molecule has 0 saturated carbocycles. The van der Waals surface area contributed by atoms with E-state index in [-0.39, 0.29) is 12.5 Å². The van der Waals surface area contributed by atoms with Crippen molar-refractivity contribution in [2.24, 2.45) is 0 Å². The number of carbonyl (C=O) groups is 2. The largest absolute Gasteiger partial charge is 0.452 e. The third-order valence-corrected chi connectivity index (χ3v) is 5.79. The first-order valence-electron chi connectivity index (χ1n) is 8.00. The molecule has 5 nitrogen and oxygen atoms in total. The van der Waals surface area contributed by atoms with Crippen molar-refractivity contribution in [1.29, 1.82) is 0 Å². The van der Waals surface area contributed by atoms with Crippen LogP contribution in [0, 0.1) is 6.92 Å². The minimum atomic E-state index is -0.557. The molecule has 0 N–H and O–H groups in total. The van der Waals surface area contributed by atoms with E-state index in [0.717, 1.165) is 25.7 Å². The molecule has 26 heavy (non-hydrogen) atoms. The zero-order valence-electron chi connectivity index (χ0n) is 14.5. The van der Waals surface area contributed by atoms with E-state index in [1.54, 1.807) is 29.4 Å². The third kappa shape index (κ3) is 4.56. The number of likely N-dealkylation sites (N-methyl/N-ethyl adjacent to an activating group) is 1. The van der Waals surface area contributed by atoms with Gasteiger partial charge in [-0.1, -0.05) is 12.1 Å². The van der Waals surface area contributed by atoms with Gasteiger partial charge in [-0.05, 0) is 42.1 Å². The van der Waals surface area contributed by atoms with Crippen molar-refractivity contribution in [3.8, 4) is 0 Å². The van der Waals surface area contributed by atoms with Crippen molar-refractivity contribution in [3.63, 3.8) is 0 Å². The summed E-state index contributed by atoms with van der Waals surface area (Å²) < 4.78 is 6.09. The van der Waals surface area contributed by atoms with E-state index in [4.69, 9.17) is 4.74 Å². The number of para-hydroxylation sites is 1. The van der Waals surface area contributed by atoms with Crippen molar-refractivity contribution in [2.45, 2.75) is 13.5 Å². The third-order valence-electron chi connectivity index (χ3n) is 3.79. The number of hydrogen-bond donors (Lipinski definition) is 0. The predicted octanol–water partition coefficient (Wildman–Crippen LogP) is 3.88. The molecular weight excluding hydrogens is 368 g/mol. The molecule has 1 aromatic carbocycles. The van der Waals surface area contributed by atoms with Gasteiger partial charge in [0.15, 0.2) is 6.61 Å². The molecule has 0 unspecified atom stereocenters. The van der Waals surface area contributed by atoms with Crippen molar-refractivity contribution in [3.05, 3.63) is 57.2 Å². The van der Waals surface area contributed by atoms with E-state index < -0.39 is 5.97 Å². The van der Waals surface area contributed by atoms with Crippen molar-refractivity contribution in [1.82, 2.24) is 9.88 Å². The lowest BCUT2D eigenvalue weighted by molar-refractivity contribution is -0.147. The van der Waals surface area contributed by atoms with Crippen LogP contribution in [0.5, 0.6) is 0 Å². The molecule has 3 rings (SSSR count). The lowest BCUT2D eigenvalue weighted by Crippen LogP contribution is -2.30. The van der Waals surface area contributed by atoms with Crippen molar-refractivity contribution in [2.75, 3.05) is 13.7 Å². The summed E-state index contributed by atoms with van der Waals surface area (Å²) in [5.41, 5.74) is 2.05. The lowest BCUT2D eigenvalue weighted by Gasteiger charge is -2.16. The smallest absolute Gasteiger partial charge is 0.331 e. The van der Waals surface area contributed by atoms with Crippen LogP contribution in [0.4, 0.5) is 0 Å². The van der Waals surface area contributed by atoms with E-state index in [9.17, 15) is 9.59 Å². The molecule has 0 fully saturated rings. The number of rotatable bonds is 6. The second-order valence-electron chi connectivity index (χ2n) is 5.74. The number of nitrogens with zero attached hydrogens (tertiary/aromatic N) is 2. The molecule has 0 saturated heterocycles. The summed E-state index contributed by atoms with van der Waals surface area (Å²) in [5, 5.41) is 2.72. The average molecular weight is 386 g/mol. The minimum Gasteiger partial charge on any atom is -0.452 e. The molecule has 0 aliphatic heterocycles. The maximum absolute atomic E-state index is 12.1. The Hall–Kier alpha value is -2.51. The van der Waals surface area contributed by atoms with Crippen LogP contribution in [0.25, 0.3) is 16.3 Å². The van der Waals surface area contributed by atoms with Crippen molar-refractivity contribution >= 4 is 50.8 Å². The molecule has 2 heterocycles. The highest BCUT2D eigenvalue weighted by atomic mass is 32.1. The maximum atomic E-state index is 12.1. The van der Waals surface area contributed by atoms with E-state index >= 15 is 0 Å². The van der Waals surface area contributed by atoms with Crippen molar-refractivity contribution < 1.29 is 14.3 Å². The number of thiophene rings is 1. The highest BCUT2D eigenvalue weighted by Crippen LogP contribution is 2.22. The molecule has 2 aromatic heterocycles. The summed E-state index contributed by atoms with van der Waals surface area (Å²) in [5.74, 6) is -0.794. The predicted molar refractivity (Wildman–Crippen MR) is 105 cm³/mol. The SMILES string of the molecule is Cc1ccsc1CN(C)C(=O)COC(=O)/C=C/c1nc2ccccc2s1. The molecule has 0 spiro atoms. The fraction of sp³-hybridized carbons (Fsp3) is 0.211. The Balaban J connectivity index is 1.50. The van der Waals surface area contributed by atoms with Crippen LogP contribution in [-0.2, 0) is 20.9 Å². The molecule has 3 aromatic rings. The van der Waals surface area contributed by atoms with Crippen LogP contribution in [0.1, 0.15) is 15.4 Å². The molecule has 0 bridgehead atoms. The number of aryl methyl sites for hydroxylation is 1. The Labute approximate surface area is 159 Å². The summed E-state index contributed by atoms with van der Waals surface area (Å²) in [6, 6.07) is 9.79.